The fourth-order valence-corrected chi connectivity index (χ4v) is 4.89. The molecule has 0 radical (unpaired) electrons. The molecule has 0 aliphatic carbocycles. The SMILES string of the molecule is O=C(O)CC(NC(=O)C1CCCN1)C(=O)NC(Cc1c[nH]c2ccccc12)C(=O)NC(Cc1ccccc1)C(=O)O. The fourth-order valence-electron chi connectivity index (χ4n) is 4.89. The van der Waals surface area contributed by atoms with Gasteiger partial charge in [-0.2, -0.15) is 0 Å². The summed E-state index contributed by atoms with van der Waals surface area (Å²) in [6, 6.07) is 11.6. The van der Waals surface area contributed by atoms with E-state index < -0.39 is 60.2 Å². The maximum Gasteiger partial charge on any atom is 0.326 e. The molecule has 1 saturated heterocycles. The van der Waals surface area contributed by atoms with Crippen molar-refractivity contribution in [1.29, 1.82) is 0 Å². The molecule has 1 aliphatic heterocycles. The molecule has 1 fully saturated rings. The van der Waals surface area contributed by atoms with Gasteiger partial charge in [-0.25, -0.2) is 4.79 Å². The van der Waals surface area contributed by atoms with Crippen LogP contribution in [0.3, 0.4) is 0 Å². The third kappa shape index (κ3) is 7.92. The number of benzene rings is 2. The van der Waals surface area contributed by atoms with E-state index in [2.05, 4.69) is 26.3 Å². The van der Waals surface area contributed by atoms with E-state index in [1.165, 1.54) is 0 Å². The summed E-state index contributed by atoms with van der Waals surface area (Å²) in [6.45, 7) is 0.633. The van der Waals surface area contributed by atoms with Crippen LogP contribution in [0.15, 0.2) is 60.8 Å². The monoisotopic (exact) mass is 563 g/mol. The maximum absolute atomic E-state index is 13.5. The van der Waals surface area contributed by atoms with Crippen LogP contribution in [-0.2, 0) is 36.8 Å². The fraction of sp³-hybridized carbons (Fsp3) is 0.345. The number of hydrogen-bond donors (Lipinski definition) is 7. The highest BCUT2D eigenvalue weighted by atomic mass is 16.4. The lowest BCUT2D eigenvalue weighted by molar-refractivity contribution is -0.143. The molecule has 216 valence electrons. The minimum Gasteiger partial charge on any atom is -0.481 e. The molecule has 0 spiro atoms. The lowest BCUT2D eigenvalue weighted by atomic mass is 10.0. The van der Waals surface area contributed by atoms with Gasteiger partial charge in [-0.3, -0.25) is 19.2 Å². The summed E-state index contributed by atoms with van der Waals surface area (Å²) in [7, 11) is 0. The molecule has 3 aromatic rings. The molecule has 4 atom stereocenters. The van der Waals surface area contributed by atoms with Gasteiger partial charge >= 0.3 is 11.9 Å². The largest absolute Gasteiger partial charge is 0.481 e. The lowest BCUT2D eigenvalue weighted by Crippen LogP contribution is -2.58. The standard InChI is InChI=1S/C29H33N5O7/c35-25(36)15-23(33-26(37)21-11-6-12-30-21)28(39)32-22(14-18-16-31-20-10-5-4-9-19(18)20)27(38)34-24(29(40)41)13-17-7-2-1-3-8-17/h1-5,7-10,16,21-24,30-31H,6,11-15H2,(H,32,39)(H,33,37)(H,34,38)(H,35,36)(H,40,41). The second-order valence-corrected chi connectivity index (χ2v) is 10.0. The zero-order valence-corrected chi connectivity index (χ0v) is 22.3. The molecule has 7 N–H and O–H groups in total. The number of fused-ring (bicyclic) bond motifs is 1. The predicted octanol–water partition coefficient (Wildman–Crippen LogP) is 0.719. The van der Waals surface area contributed by atoms with Gasteiger partial charge in [0.1, 0.15) is 18.1 Å². The van der Waals surface area contributed by atoms with Gasteiger partial charge in [-0.1, -0.05) is 48.5 Å². The van der Waals surface area contributed by atoms with E-state index >= 15 is 0 Å². The van der Waals surface area contributed by atoms with E-state index in [0.29, 0.717) is 24.1 Å². The summed E-state index contributed by atoms with van der Waals surface area (Å²) in [4.78, 5) is 66.2. The third-order valence-corrected chi connectivity index (χ3v) is 7.02. The Labute approximate surface area is 235 Å². The van der Waals surface area contributed by atoms with Gasteiger partial charge in [-0.15, -0.1) is 0 Å². The van der Waals surface area contributed by atoms with Crippen LogP contribution in [0.1, 0.15) is 30.4 Å². The molecule has 12 nitrogen and oxygen atoms in total. The number of H-pyrrole nitrogens is 1. The molecule has 0 saturated carbocycles. The van der Waals surface area contributed by atoms with Crippen LogP contribution in [0.5, 0.6) is 0 Å². The highest BCUT2D eigenvalue weighted by molar-refractivity contribution is 5.96. The summed E-state index contributed by atoms with van der Waals surface area (Å²) >= 11 is 0. The van der Waals surface area contributed by atoms with Gasteiger partial charge in [0, 0.05) is 29.9 Å². The highest BCUT2D eigenvalue weighted by Gasteiger charge is 2.33. The van der Waals surface area contributed by atoms with E-state index in [4.69, 9.17) is 0 Å². The van der Waals surface area contributed by atoms with Crippen LogP contribution in [0, 0.1) is 0 Å². The van der Waals surface area contributed by atoms with Crippen LogP contribution in [0.25, 0.3) is 10.9 Å². The molecular formula is C29H33N5O7. The van der Waals surface area contributed by atoms with Gasteiger partial charge < -0.3 is 36.5 Å². The van der Waals surface area contributed by atoms with Crippen molar-refractivity contribution in [2.24, 2.45) is 0 Å². The average Bonchev–Trinajstić information content (AvgIpc) is 3.63. The quantitative estimate of drug-likeness (QED) is 0.158. The van der Waals surface area contributed by atoms with Crippen molar-refractivity contribution < 1.29 is 34.2 Å². The van der Waals surface area contributed by atoms with Gasteiger partial charge in [-0.05, 0) is 36.6 Å². The van der Waals surface area contributed by atoms with Gasteiger partial charge in [0.05, 0.1) is 12.5 Å². The molecule has 4 unspecified atom stereocenters. The smallest absolute Gasteiger partial charge is 0.326 e. The Morgan fingerprint density at radius 3 is 2.20 bits per heavy atom. The molecule has 3 amide bonds. The molecule has 12 heteroatoms. The molecule has 1 aliphatic rings. The average molecular weight is 564 g/mol. The van der Waals surface area contributed by atoms with Crippen LogP contribution >= 0.6 is 0 Å². The number of rotatable bonds is 13. The Bertz CT molecular complexity index is 1400. The van der Waals surface area contributed by atoms with Gasteiger partial charge in [0.2, 0.25) is 17.7 Å². The summed E-state index contributed by atoms with van der Waals surface area (Å²) in [5, 5.41) is 30.6. The first-order valence-corrected chi connectivity index (χ1v) is 13.4. The summed E-state index contributed by atoms with van der Waals surface area (Å²) < 4.78 is 0. The Kier molecular flexibility index (Phi) is 9.69. The van der Waals surface area contributed by atoms with Crippen LogP contribution in [0.2, 0.25) is 0 Å². The van der Waals surface area contributed by atoms with Crippen molar-refractivity contribution in [2.75, 3.05) is 6.54 Å². The first kappa shape index (κ1) is 29.3. The van der Waals surface area contributed by atoms with Crippen molar-refractivity contribution in [3.63, 3.8) is 0 Å². The number of carboxylic acids is 2. The molecular weight excluding hydrogens is 530 g/mol. The Hall–Kier alpha value is -4.71. The number of aromatic nitrogens is 1. The number of carbonyl (C=O) groups excluding carboxylic acids is 3. The number of carboxylic acid groups (broad SMARTS) is 2. The molecule has 2 heterocycles. The van der Waals surface area contributed by atoms with Crippen molar-refractivity contribution in [1.82, 2.24) is 26.3 Å². The second kappa shape index (κ2) is 13.6. The maximum atomic E-state index is 13.5. The molecule has 41 heavy (non-hydrogen) atoms. The zero-order chi connectivity index (χ0) is 29.4. The van der Waals surface area contributed by atoms with E-state index in [0.717, 1.165) is 17.3 Å². The van der Waals surface area contributed by atoms with Crippen molar-refractivity contribution in [3.8, 4) is 0 Å². The normalized spacial score (nSPS) is 16.8. The third-order valence-electron chi connectivity index (χ3n) is 7.02. The van der Waals surface area contributed by atoms with Crippen LogP contribution in [-0.4, -0.2) is 75.6 Å². The summed E-state index contributed by atoms with van der Waals surface area (Å²) in [5.41, 5.74) is 2.19. The summed E-state index contributed by atoms with van der Waals surface area (Å²) in [5.74, 6) is -4.69. The van der Waals surface area contributed by atoms with Gasteiger partial charge in [0.15, 0.2) is 0 Å². The molecule has 4 rings (SSSR count). The number of nitrogens with one attached hydrogen (secondary N) is 5. The Balaban J connectivity index is 1.56. The number of aromatic amines is 1. The molecule has 1 aromatic heterocycles. The topological polar surface area (TPSA) is 190 Å². The van der Waals surface area contributed by atoms with Gasteiger partial charge in [0.25, 0.3) is 0 Å². The van der Waals surface area contributed by atoms with Crippen molar-refractivity contribution in [3.05, 3.63) is 71.9 Å². The van der Waals surface area contributed by atoms with Crippen LogP contribution < -0.4 is 21.3 Å². The van der Waals surface area contributed by atoms with E-state index in [1.807, 2.05) is 24.3 Å². The molecule has 0 bridgehead atoms. The van der Waals surface area contributed by atoms with Crippen molar-refractivity contribution in [2.45, 2.75) is 56.3 Å². The first-order chi connectivity index (χ1) is 19.7. The number of aliphatic carboxylic acids is 2. The minimum absolute atomic E-state index is 0.0156. The second-order valence-electron chi connectivity index (χ2n) is 10.0. The Morgan fingerprint density at radius 2 is 1.51 bits per heavy atom. The van der Waals surface area contributed by atoms with E-state index in [1.54, 1.807) is 36.5 Å². The Morgan fingerprint density at radius 1 is 0.829 bits per heavy atom. The zero-order valence-electron chi connectivity index (χ0n) is 22.3. The molecule has 2 aromatic carbocycles. The first-order valence-electron chi connectivity index (χ1n) is 13.4. The predicted molar refractivity (Wildman–Crippen MR) is 149 cm³/mol. The summed E-state index contributed by atoms with van der Waals surface area (Å²) in [6.07, 6.45) is 2.32. The van der Waals surface area contributed by atoms with Crippen LogP contribution in [0.4, 0.5) is 0 Å². The number of para-hydroxylation sites is 1. The minimum atomic E-state index is -1.44. The number of carbonyl (C=O) groups is 5. The highest BCUT2D eigenvalue weighted by Crippen LogP contribution is 2.19. The number of amides is 3. The van der Waals surface area contributed by atoms with E-state index in [-0.39, 0.29) is 12.8 Å². The van der Waals surface area contributed by atoms with E-state index in [9.17, 15) is 34.2 Å². The lowest BCUT2D eigenvalue weighted by Gasteiger charge is -2.25. The van der Waals surface area contributed by atoms with Crippen molar-refractivity contribution >= 4 is 40.6 Å². The number of hydrogen-bond acceptors (Lipinski definition) is 6.